The number of benzene rings is 2. The fourth-order valence-corrected chi connectivity index (χ4v) is 5.64. The second-order valence-corrected chi connectivity index (χ2v) is 9.67. The van der Waals surface area contributed by atoms with E-state index in [1.54, 1.807) is 4.90 Å². The number of likely N-dealkylation sites (tertiary alicyclic amines) is 1. The van der Waals surface area contributed by atoms with E-state index in [0.29, 0.717) is 32.4 Å². The molecule has 0 radical (unpaired) electrons. The predicted octanol–water partition coefficient (Wildman–Crippen LogP) is 3.87. The highest BCUT2D eigenvalue weighted by atomic mass is 16.5. The highest BCUT2D eigenvalue weighted by Crippen LogP contribution is 2.44. The Morgan fingerprint density at radius 1 is 1.03 bits per heavy atom. The average Bonchev–Trinajstić information content (AvgIpc) is 3.56. The molecule has 4 atom stereocenters. The summed E-state index contributed by atoms with van der Waals surface area (Å²) in [5, 5.41) is 12.2. The lowest BCUT2D eigenvalue weighted by atomic mass is 9.90. The van der Waals surface area contributed by atoms with Crippen LogP contribution in [0.25, 0.3) is 11.1 Å². The number of nitrogens with one attached hydrogen (secondary N) is 1. The van der Waals surface area contributed by atoms with Crippen LogP contribution in [-0.2, 0) is 14.3 Å². The van der Waals surface area contributed by atoms with Crippen LogP contribution in [0.2, 0.25) is 0 Å². The molecule has 2 fully saturated rings. The third kappa shape index (κ3) is 4.15. The zero-order valence-corrected chi connectivity index (χ0v) is 19.3. The minimum absolute atomic E-state index is 0.0103. The number of amides is 2. The van der Waals surface area contributed by atoms with Crippen molar-refractivity contribution in [1.29, 1.82) is 0 Å². The highest BCUT2D eigenvalue weighted by molar-refractivity contribution is 5.83. The first-order valence-corrected chi connectivity index (χ1v) is 12.1. The Morgan fingerprint density at radius 2 is 1.68 bits per heavy atom. The molecule has 0 bridgehead atoms. The standard InChI is InChI=1S/C27H30N2O5/c1-16-18(26(31)32)11-6-12-29(16)25(30)23-13-17(23)14-28-27(33)34-15-24-21-9-4-2-7-19(21)20-8-3-5-10-22(20)24/h2-5,7-10,16-18,23-24H,6,11-15H2,1H3,(H,28,33)(H,31,32). The fourth-order valence-electron chi connectivity index (χ4n) is 5.64. The molecule has 4 unspecified atom stereocenters. The molecule has 2 amide bonds. The van der Waals surface area contributed by atoms with Crippen LogP contribution in [0.4, 0.5) is 4.79 Å². The van der Waals surface area contributed by atoms with E-state index in [2.05, 4.69) is 29.6 Å². The summed E-state index contributed by atoms with van der Waals surface area (Å²) in [6.45, 7) is 3.07. The molecule has 5 rings (SSSR count). The van der Waals surface area contributed by atoms with Gasteiger partial charge in [0.1, 0.15) is 6.61 Å². The van der Waals surface area contributed by atoms with Crippen LogP contribution in [0.15, 0.2) is 48.5 Å². The summed E-state index contributed by atoms with van der Waals surface area (Å²) in [5.74, 6) is -1.40. The van der Waals surface area contributed by atoms with Crippen LogP contribution in [0.3, 0.4) is 0 Å². The zero-order chi connectivity index (χ0) is 23.8. The second-order valence-electron chi connectivity index (χ2n) is 9.67. The molecule has 1 saturated heterocycles. The number of carbonyl (C=O) groups excluding carboxylic acids is 2. The second kappa shape index (κ2) is 9.12. The number of rotatable bonds is 6. The van der Waals surface area contributed by atoms with Gasteiger partial charge in [0.15, 0.2) is 0 Å². The molecule has 2 aliphatic carbocycles. The Kier molecular flexibility index (Phi) is 6.02. The van der Waals surface area contributed by atoms with E-state index in [1.807, 2.05) is 31.2 Å². The van der Waals surface area contributed by atoms with Crippen LogP contribution >= 0.6 is 0 Å². The molecule has 7 nitrogen and oxygen atoms in total. The van der Waals surface area contributed by atoms with Crippen LogP contribution in [0.5, 0.6) is 0 Å². The Balaban J connectivity index is 1.12. The number of carboxylic acid groups (broad SMARTS) is 1. The molecule has 1 aliphatic heterocycles. The van der Waals surface area contributed by atoms with Gasteiger partial charge >= 0.3 is 12.1 Å². The summed E-state index contributed by atoms with van der Waals surface area (Å²) in [6, 6.07) is 16.1. The maximum Gasteiger partial charge on any atom is 0.407 e. The zero-order valence-electron chi connectivity index (χ0n) is 19.3. The predicted molar refractivity (Wildman–Crippen MR) is 126 cm³/mol. The van der Waals surface area contributed by atoms with E-state index in [9.17, 15) is 19.5 Å². The smallest absolute Gasteiger partial charge is 0.407 e. The van der Waals surface area contributed by atoms with Crippen molar-refractivity contribution in [3.63, 3.8) is 0 Å². The molecule has 0 spiro atoms. The van der Waals surface area contributed by atoms with Gasteiger partial charge in [-0.25, -0.2) is 4.79 Å². The first-order chi connectivity index (χ1) is 16.5. The van der Waals surface area contributed by atoms with Crippen molar-refractivity contribution >= 4 is 18.0 Å². The van der Waals surface area contributed by atoms with Gasteiger partial charge in [-0.2, -0.15) is 0 Å². The molecule has 178 valence electrons. The fraction of sp³-hybridized carbons (Fsp3) is 0.444. The minimum Gasteiger partial charge on any atom is -0.481 e. The topological polar surface area (TPSA) is 95.9 Å². The van der Waals surface area contributed by atoms with E-state index < -0.39 is 18.0 Å². The lowest BCUT2D eigenvalue weighted by molar-refractivity contribution is -0.149. The molecule has 3 aliphatic rings. The van der Waals surface area contributed by atoms with E-state index in [1.165, 1.54) is 22.3 Å². The van der Waals surface area contributed by atoms with Crippen LogP contribution < -0.4 is 5.32 Å². The molecule has 2 N–H and O–H groups in total. The number of piperidine rings is 1. The van der Waals surface area contributed by atoms with Crippen molar-refractivity contribution in [2.45, 2.75) is 38.1 Å². The molecule has 0 aromatic heterocycles. The van der Waals surface area contributed by atoms with E-state index >= 15 is 0 Å². The molecule has 2 aromatic carbocycles. The van der Waals surface area contributed by atoms with Gasteiger partial charge < -0.3 is 20.1 Å². The lowest BCUT2D eigenvalue weighted by Gasteiger charge is -2.37. The van der Waals surface area contributed by atoms with Crippen LogP contribution in [0.1, 0.15) is 43.2 Å². The minimum atomic E-state index is -0.839. The Bertz CT molecular complexity index is 1070. The first-order valence-electron chi connectivity index (χ1n) is 12.1. The van der Waals surface area contributed by atoms with Gasteiger partial charge in [-0.05, 0) is 54.4 Å². The van der Waals surface area contributed by atoms with E-state index in [4.69, 9.17) is 4.74 Å². The van der Waals surface area contributed by atoms with Crippen molar-refractivity contribution in [1.82, 2.24) is 10.2 Å². The summed E-state index contributed by atoms with van der Waals surface area (Å²) in [5.41, 5.74) is 4.70. The third-order valence-corrected chi connectivity index (χ3v) is 7.68. The van der Waals surface area contributed by atoms with Crippen molar-refractivity contribution < 1.29 is 24.2 Å². The van der Waals surface area contributed by atoms with Gasteiger partial charge in [0.05, 0.1) is 5.92 Å². The lowest BCUT2D eigenvalue weighted by Crippen LogP contribution is -2.50. The maximum absolute atomic E-state index is 12.9. The molecular formula is C27H30N2O5. The summed E-state index contributed by atoms with van der Waals surface area (Å²) in [6.07, 6.45) is 1.56. The normalized spacial score (nSPS) is 25.3. The largest absolute Gasteiger partial charge is 0.481 e. The number of fused-ring (bicyclic) bond motifs is 3. The average molecular weight is 463 g/mol. The molecule has 7 heteroatoms. The number of hydrogen-bond acceptors (Lipinski definition) is 4. The van der Waals surface area contributed by atoms with Crippen molar-refractivity contribution in [3.05, 3.63) is 59.7 Å². The van der Waals surface area contributed by atoms with Gasteiger partial charge in [-0.3, -0.25) is 9.59 Å². The number of alkyl carbamates (subject to hydrolysis) is 1. The number of carboxylic acids is 1. The SMILES string of the molecule is CC1C(C(=O)O)CCCN1C(=O)C1CC1CNC(=O)OCC1c2ccccc2-c2ccccc21. The summed E-state index contributed by atoms with van der Waals surface area (Å²) in [4.78, 5) is 38.5. The van der Waals surface area contributed by atoms with Gasteiger partial charge in [-0.1, -0.05) is 48.5 Å². The van der Waals surface area contributed by atoms with Crippen LogP contribution in [-0.4, -0.2) is 53.7 Å². The van der Waals surface area contributed by atoms with Gasteiger partial charge in [0.2, 0.25) is 5.91 Å². The third-order valence-electron chi connectivity index (χ3n) is 7.68. The summed E-state index contributed by atoms with van der Waals surface area (Å²) >= 11 is 0. The summed E-state index contributed by atoms with van der Waals surface area (Å²) in [7, 11) is 0. The number of nitrogens with zero attached hydrogens (tertiary/aromatic N) is 1. The maximum atomic E-state index is 12.9. The van der Waals surface area contributed by atoms with E-state index in [0.717, 1.165) is 0 Å². The van der Waals surface area contributed by atoms with Gasteiger partial charge in [0, 0.05) is 31.0 Å². The number of ether oxygens (including phenoxy) is 1. The quantitative estimate of drug-likeness (QED) is 0.679. The molecular weight excluding hydrogens is 432 g/mol. The molecule has 1 heterocycles. The number of hydrogen-bond donors (Lipinski definition) is 2. The monoisotopic (exact) mass is 462 g/mol. The summed E-state index contributed by atoms with van der Waals surface area (Å²) < 4.78 is 5.58. The molecule has 2 aromatic rings. The Labute approximate surface area is 199 Å². The van der Waals surface area contributed by atoms with E-state index in [-0.39, 0.29) is 36.3 Å². The Morgan fingerprint density at radius 3 is 2.32 bits per heavy atom. The number of carbonyl (C=O) groups is 3. The van der Waals surface area contributed by atoms with Crippen LogP contribution in [0, 0.1) is 17.8 Å². The Hall–Kier alpha value is -3.35. The number of aliphatic carboxylic acids is 1. The molecule has 34 heavy (non-hydrogen) atoms. The van der Waals surface area contributed by atoms with Gasteiger partial charge in [0.25, 0.3) is 0 Å². The van der Waals surface area contributed by atoms with Crippen molar-refractivity contribution in [2.75, 3.05) is 19.7 Å². The van der Waals surface area contributed by atoms with Crippen molar-refractivity contribution in [2.24, 2.45) is 17.8 Å². The highest BCUT2D eigenvalue weighted by Gasteiger charge is 2.47. The van der Waals surface area contributed by atoms with Crippen molar-refractivity contribution in [3.8, 4) is 11.1 Å². The van der Waals surface area contributed by atoms with Gasteiger partial charge in [-0.15, -0.1) is 0 Å². The first kappa shape index (κ1) is 22.4. The molecule has 1 saturated carbocycles.